The molecule has 1 aliphatic carbocycles. The smallest absolute Gasteiger partial charge is 0.338 e. The van der Waals surface area contributed by atoms with Crippen LogP contribution in [-0.2, 0) is 24.2 Å². The number of ether oxygens (including phenoxy) is 2. The molecule has 0 radical (unpaired) electrons. The van der Waals surface area contributed by atoms with E-state index in [0.29, 0.717) is 18.3 Å². The minimum atomic E-state index is -0.199. The zero-order valence-corrected chi connectivity index (χ0v) is 18.4. The van der Waals surface area contributed by atoms with Crippen molar-refractivity contribution in [1.82, 2.24) is 9.80 Å². The van der Waals surface area contributed by atoms with Gasteiger partial charge in [0.15, 0.2) is 0 Å². The highest BCUT2D eigenvalue weighted by molar-refractivity contribution is 5.93. The van der Waals surface area contributed by atoms with Crippen molar-refractivity contribution in [3.05, 3.63) is 64.2 Å². The van der Waals surface area contributed by atoms with Gasteiger partial charge in [-0.1, -0.05) is 18.2 Å². The molecular formula is C26H29N3O3. The van der Waals surface area contributed by atoms with Crippen LogP contribution >= 0.6 is 0 Å². The summed E-state index contributed by atoms with van der Waals surface area (Å²) in [6.07, 6.45) is 4.47. The lowest BCUT2D eigenvalue weighted by atomic mass is 10.0. The van der Waals surface area contributed by atoms with Crippen LogP contribution in [0, 0.1) is 11.3 Å². The van der Waals surface area contributed by atoms with Crippen LogP contribution in [0.25, 0.3) is 0 Å². The second-order valence-corrected chi connectivity index (χ2v) is 9.01. The van der Waals surface area contributed by atoms with Gasteiger partial charge < -0.3 is 19.3 Å². The first-order valence-corrected chi connectivity index (χ1v) is 11.6. The molecule has 2 aliphatic heterocycles. The summed E-state index contributed by atoms with van der Waals surface area (Å²) < 4.78 is 11.0. The van der Waals surface area contributed by atoms with Gasteiger partial charge >= 0.3 is 5.97 Å². The summed E-state index contributed by atoms with van der Waals surface area (Å²) >= 11 is 0. The topological polar surface area (TPSA) is 65.8 Å². The number of fused-ring (bicyclic) bond motifs is 1. The van der Waals surface area contributed by atoms with Crippen LogP contribution in [0.15, 0.2) is 36.4 Å². The van der Waals surface area contributed by atoms with E-state index >= 15 is 0 Å². The van der Waals surface area contributed by atoms with E-state index in [1.165, 1.54) is 11.1 Å². The molecule has 6 heteroatoms. The summed E-state index contributed by atoms with van der Waals surface area (Å²) in [7, 11) is 0. The average Bonchev–Trinajstić information content (AvgIpc) is 3.57. The molecule has 0 bridgehead atoms. The fourth-order valence-corrected chi connectivity index (χ4v) is 4.43. The van der Waals surface area contributed by atoms with Crippen molar-refractivity contribution in [2.24, 2.45) is 0 Å². The quantitative estimate of drug-likeness (QED) is 0.598. The second-order valence-electron chi connectivity index (χ2n) is 9.01. The molecule has 6 nitrogen and oxygen atoms in total. The Bertz CT molecular complexity index is 1030. The number of carbonyl (C=O) groups is 1. The highest BCUT2D eigenvalue weighted by Gasteiger charge is 2.25. The third kappa shape index (κ3) is 4.95. The Morgan fingerprint density at radius 2 is 1.62 bits per heavy atom. The number of cyclic esters (lactones) is 1. The molecule has 2 fully saturated rings. The summed E-state index contributed by atoms with van der Waals surface area (Å²) in [6.45, 7) is 6.79. The summed E-state index contributed by atoms with van der Waals surface area (Å²) in [5, 5.41) is 9.31. The van der Waals surface area contributed by atoms with Gasteiger partial charge in [0.25, 0.3) is 0 Å². The van der Waals surface area contributed by atoms with Crippen LogP contribution in [0.4, 0.5) is 0 Å². The Hall–Kier alpha value is -2.88. The molecule has 0 amide bonds. The first kappa shape index (κ1) is 21.0. The van der Waals surface area contributed by atoms with Gasteiger partial charge in [-0.25, -0.2) is 4.79 Å². The normalized spacial score (nSPS) is 18.8. The van der Waals surface area contributed by atoms with Crippen molar-refractivity contribution >= 4 is 5.97 Å². The maximum absolute atomic E-state index is 11.6. The number of nitriles is 1. The molecule has 0 unspecified atom stereocenters. The first-order valence-electron chi connectivity index (χ1n) is 11.6. The van der Waals surface area contributed by atoms with E-state index in [1.54, 1.807) is 0 Å². The van der Waals surface area contributed by atoms with Crippen LogP contribution in [0.1, 0.15) is 45.5 Å². The number of hydrogen-bond acceptors (Lipinski definition) is 6. The van der Waals surface area contributed by atoms with Crippen LogP contribution < -0.4 is 4.74 Å². The summed E-state index contributed by atoms with van der Waals surface area (Å²) in [6, 6.07) is 14.3. The number of benzene rings is 2. The molecular weight excluding hydrogens is 402 g/mol. The SMILES string of the molecule is N#Cc1ccc(CCN2CCN(CCc3ccc4c(c3)COC4=O)CC2)cc1OC1CC1. The predicted molar refractivity (Wildman–Crippen MR) is 121 cm³/mol. The van der Waals surface area contributed by atoms with E-state index in [-0.39, 0.29) is 5.97 Å². The Labute approximate surface area is 189 Å². The van der Waals surface area contributed by atoms with Gasteiger partial charge in [0.05, 0.1) is 17.2 Å². The molecule has 2 aromatic carbocycles. The van der Waals surface area contributed by atoms with E-state index in [2.05, 4.69) is 40.1 Å². The Balaban J connectivity index is 1.06. The minimum Gasteiger partial charge on any atom is -0.489 e. The van der Waals surface area contributed by atoms with Crippen molar-refractivity contribution in [1.29, 1.82) is 5.26 Å². The lowest BCUT2D eigenvalue weighted by Crippen LogP contribution is -2.47. The van der Waals surface area contributed by atoms with Crippen molar-refractivity contribution in [3.63, 3.8) is 0 Å². The van der Waals surface area contributed by atoms with Crippen LogP contribution in [0.3, 0.4) is 0 Å². The van der Waals surface area contributed by atoms with E-state index < -0.39 is 0 Å². The van der Waals surface area contributed by atoms with E-state index in [1.807, 2.05) is 12.1 Å². The highest BCUT2D eigenvalue weighted by Crippen LogP contribution is 2.30. The third-order valence-corrected chi connectivity index (χ3v) is 6.63. The maximum atomic E-state index is 11.6. The Morgan fingerprint density at radius 1 is 0.969 bits per heavy atom. The number of rotatable bonds is 8. The van der Waals surface area contributed by atoms with Crippen LogP contribution in [0.5, 0.6) is 5.75 Å². The summed E-state index contributed by atoms with van der Waals surface area (Å²) in [4.78, 5) is 16.6. The molecule has 5 rings (SSSR count). The fraction of sp³-hybridized carbons (Fsp3) is 0.462. The summed E-state index contributed by atoms with van der Waals surface area (Å²) in [5.41, 5.74) is 4.88. The fourth-order valence-electron chi connectivity index (χ4n) is 4.43. The molecule has 0 aromatic heterocycles. The second kappa shape index (κ2) is 9.32. The molecule has 3 aliphatic rings. The lowest BCUT2D eigenvalue weighted by molar-refractivity contribution is 0.0535. The third-order valence-electron chi connectivity index (χ3n) is 6.63. The van der Waals surface area contributed by atoms with Gasteiger partial charge in [-0.15, -0.1) is 0 Å². The number of hydrogen-bond donors (Lipinski definition) is 0. The van der Waals surface area contributed by atoms with Gasteiger partial charge in [-0.2, -0.15) is 5.26 Å². The molecule has 0 atom stereocenters. The van der Waals surface area contributed by atoms with E-state index in [4.69, 9.17) is 9.47 Å². The van der Waals surface area contributed by atoms with E-state index in [9.17, 15) is 10.1 Å². The molecule has 1 saturated heterocycles. The largest absolute Gasteiger partial charge is 0.489 e. The average molecular weight is 432 g/mol. The Kier molecular flexibility index (Phi) is 6.11. The molecule has 166 valence electrons. The van der Waals surface area contributed by atoms with E-state index in [0.717, 1.165) is 81.8 Å². The monoisotopic (exact) mass is 431 g/mol. The van der Waals surface area contributed by atoms with Gasteiger partial charge in [-0.3, -0.25) is 0 Å². The number of carbonyl (C=O) groups excluding carboxylic acids is 1. The van der Waals surface area contributed by atoms with Crippen LogP contribution in [-0.4, -0.2) is 61.1 Å². The van der Waals surface area contributed by atoms with Gasteiger partial charge in [0.1, 0.15) is 18.4 Å². The van der Waals surface area contributed by atoms with Crippen molar-refractivity contribution < 1.29 is 14.3 Å². The molecule has 1 saturated carbocycles. The lowest BCUT2D eigenvalue weighted by Gasteiger charge is -2.34. The number of piperazine rings is 1. The summed E-state index contributed by atoms with van der Waals surface area (Å²) in [5.74, 6) is 0.551. The Morgan fingerprint density at radius 3 is 2.28 bits per heavy atom. The minimum absolute atomic E-state index is 0.199. The number of nitrogens with zero attached hydrogens (tertiary/aromatic N) is 3. The molecule has 0 N–H and O–H groups in total. The van der Waals surface area contributed by atoms with Crippen molar-refractivity contribution in [2.45, 2.75) is 38.4 Å². The molecule has 32 heavy (non-hydrogen) atoms. The molecule has 2 heterocycles. The van der Waals surface area contributed by atoms with Gasteiger partial charge in [-0.05, 0) is 55.0 Å². The maximum Gasteiger partial charge on any atom is 0.338 e. The zero-order chi connectivity index (χ0) is 21.9. The molecule has 2 aromatic rings. The zero-order valence-electron chi connectivity index (χ0n) is 18.4. The first-order chi connectivity index (χ1) is 15.7. The molecule has 0 spiro atoms. The number of esters is 1. The van der Waals surface area contributed by atoms with Crippen molar-refractivity contribution in [2.75, 3.05) is 39.3 Å². The van der Waals surface area contributed by atoms with Gasteiger partial charge in [0.2, 0.25) is 0 Å². The van der Waals surface area contributed by atoms with Crippen molar-refractivity contribution in [3.8, 4) is 11.8 Å². The standard InChI is InChI=1S/C26H29N3O3/c27-17-21-3-1-20(16-25(21)32-23-4-5-23)8-10-29-13-11-28(12-14-29)9-7-19-2-6-24-22(15-19)18-31-26(24)30/h1-3,6,15-16,23H,4-5,7-14,18H2. The van der Waals surface area contributed by atoms with Crippen LogP contribution in [0.2, 0.25) is 0 Å². The predicted octanol–water partition coefficient (Wildman–Crippen LogP) is 3.17. The highest BCUT2D eigenvalue weighted by atomic mass is 16.5. The van der Waals surface area contributed by atoms with Gasteiger partial charge in [0, 0.05) is 44.8 Å².